The first-order valence-corrected chi connectivity index (χ1v) is 13.9. The summed E-state index contributed by atoms with van der Waals surface area (Å²) in [6.45, 7) is 2.16. The molecule has 0 aliphatic heterocycles. The van der Waals surface area contributed by atoms with Gasteiger partial charge in [0.1, 0.15) is 17.2 Å². The fourth-order valence-corrected chi connectivity index (χ4v) is 6.33. The third kappa shape index (κ3) is 7.43. The molecular formula is C28H34F3N3O2S. The number of imidazole rings is 1. The molecule has 0 radical (unpaired) electrons. The van der Waals surface area contributed by atoms with E-state index in [0.29, 0.717) is 6.04 Å². The summed E-state index contributed by atoms with van der Waals surface area (Å²) in [6, 6.07) is 13.9. The molecule has 9 heteroatoms. The Balaban J connectivity index is 0.000000405. The molecule has 1 aromatic carbocycles. The molecular weight excluding hydrogens is 499 g/mol. The van der Waals surface area contributed by atoms with Crippen LogP contribution >= 0.6 is 11.8 Å². The van der Waals surface area contributed by atoms with Crippen LogP contribution in [-0.2, 0) is 4.79 Å². The van der Waals surface area contributed by atoms with E-state index in [1.165, 1.54) is 86.0 Å². The van der Waals surface area contributed by atoms with E-state index in [1.807, 2.05) is 0 Å². The summed E-state index contributed by atoms with van der Waals surface area (Å²) in [4.78, 5) is 15.3. The van der Waals surface area contributed by atoms with E-state index in [1.54, 1.807) is 0 Å². The minimum absolute atomic E-state index is 0.553. The number of carboxylic acid groups (broad SMARTS) is 1. The van der Waals surface area contributed by atoms with Crippen molar-refractivity contribution in [3.05, 3.63) is 48.2 Å². The number of benzene rings is 1. The number of hydrogen-bond acceptors (Lipinski definition) is 4. The largest absolute Gasteiger partial charge is 0.490 e. The summed E-state index contributed by atoms with van der Waals surface area (Å²) in [5.41, 5.74) is 4.62. The Kier molecular flexibility index (Phi) is 9.05. The molecule has 2 aliphatic carbocycles. The maximum atomic E-state index is 10.6. The van der Waals surface area contributed by atoms with Crippen molar-refractivity contribution >= 4 is 29.2 Å². The number of fused-ring (bicyclic) bond motifs is 1. The lowest BCUT2D eigenvalue weighted by Crippen LogP contribution is -2.23. The zero-order valence-electron chi connectivity index (χ0n) is 21.1. The third-order valence-corrected chi connectivity index (χ3v) is 8.25. The summed E-state index contributed by atoms with van der Waals surface area (Å²) in [5, 5.41) is 11.8. The number of aliphatic carboxylic acids is 1. The van der Waals surface area contributed by atoms with Crippen molar-refractivity contribution in [1.29, 1.82) is 0 Å². The quantitative estimate of drug-likeness (QED) is 0.347. The Bertz CT molecular complexity index is 1200. The first-order valence-electron chi connectivity index (χ1n) is 13.0. The van der Waals surface area contributed by atoms with E-state index in [-0.39, 0.29) is 0 Å². The number of hydrogen-bond donors (Lipinski definition) is 2. The van der Waals surface area contributed by atoms with Crippen LogP contribution in [0.2, 0.25) is 0 Å². The molecule has 3 aromatic rings. The van der Waals surface area contributed by atoms with Crippen LogP contribution in [-0.4, -0.2) is 37.9 Å². The first kappa shape index (κ1) is 27.4. The van der Waals surface area contributed by atoms with Gasteiger partial charge in [-0.3, -0.25) is 4.40 Å². The minimum Gasteiger partial charge on any atom is -0.475 e. The SMILES string of the molecule is Cc1ccc2nc(-c3cccc(SC4CCCCC4)c3)c(NC3CCCCC3)n2c1.O=C(O)C(F)(F)F. The highest BCUT2D eigenvalue weighted by Gasteiger charge is 2.38. The summed E-state index contributed by atoms with van der Waals surface area (Å²) in [5.74, 6) is -1.59. The van der Waals surface area contributed by atoms with E-state index < -0.39 is 12.1 Å². The van der Waals surface area contributed by atoms with Gasteiger partial charge in [-0.05, 0) is 56.4 Å². The van der Waals surface area contributed by atoms with Crippen LogP contribution in [0, 0.1) is 6.92 Å². The Morgan fingerprint density at radius 1 is 1.03 bits per heavy atom. The molecule has 200 valence electrons. The number of anilines is 1. The standard InChI is InChI=1S/C26H33N3S.C2HF3O2/c1-19-15-16-24-28-25(26(29(24)18-19)27-21-10-4-2-5-11-21)20-9-8-14-23(17-20)30-22-12-6-3-7-13-22;3-2(4,5)1(6)7/h8-9,14-18,21-22,27H,2-7,10-13H2,1H3;(H,6,7). The Morgan fingerprint density at radius 3 is 2.32 bits per heavy atom. The van der Waals surface area contributed by atoms with Crippen LogP contribution in [0.3, 0.4) is 0 Å². The van der Waals surface area contributed by atoms with Crippen LogP contribution in [0.5, 0.6) is 0 Å². The summed E-state index contributed by atoms with van der Waals surface area (Å²) >= 11 is 2.07. The van der Waals surface area contributed by atoms with Gasteiger partial charge in [-0.15, -0.1) is 11.8 Å². The zero-order valence-corrected chi connectivity index (χ0v) is 21.9. The monoisotopic (exact) mass is 533 g/mol. The molecule has 5 nitrogen and oxygen atoms in total. The van der Waals surface area contributed by atoms with Gasteiger partial charge in [0.05, 0.1) is 0 Å². The lowest BCUT2D eigenvalue weighted by atomic mass is 9.95. The molecule has 2 heterocycles. The van der Waals surface area contributed by atoms with Crippen molar-refractivity contribution in [2.75, 3.05) is 5.32 Å². The number of aromatic nitrogens is 2. The number of carboxylic acids is 1. The number of thioether (sulfide) groups is 1. The second-order valence-electron chi connectivity index (χ2n) is 9.93. The predicted octanol–water partition coefficient (Wildman–Crippen LogP) is 8.11. The highest BCUT2D eigenvalue weighted by atomic mass is 32.2. The fraction of sp³-hybridized carbons (Fsp3) is 0.500. The van der Waals surface area contributed by atoms with Crippen LogP contribution in [0.4, 0.5) is 19.0 Å². The zero-order chi connectivity index (χ0) is 26.4. The summed E-state index contributed by atoms with van der Waals surface area (Å²) in [7, 11) is 0. The number of rotatable bonds is 5. The molecule has 0 saturated heterocycles. The van der Waals surface area contributed by atoms with Gasteiger partial charge in [0.2, 0.25) is 0 Å². The molecule has 5 rings (SSSR count). The van der Waals surface area contributed by atoms with Crippen molar-refractivity contribution < 1.29 is 23.1 Å². The molecule has 0 spiro atoms. The average molecular weight is 534 g/mol. The van der Waals surface area contributed by atoms with Gasteiger partial charge >= 0.3 is 12.1 Å². The van der Waals surface area contributed by atoms with Gasteiger partial charge in [-0.25, -0.2) is 9.78 Å². The lowest BCUT2D eigenvalue weighted by molar-refractivity contribution is -0.192. The van der Waals surface area contributed by atoms with E-state index in [2.05, 4.69) is 71.0 Å². The summed E-state index contributed by atoms with van der Waals surface area (Å²) in [6.07, 6.45) is 10.6. The van der Waals surface area contributed by atoms with Gasteiger partial charge < -0.3 is 10.4 Å². The second-order valence-corrected chi connectivity index (χ2v) is 11.3. The Labute approximate surface area is 219 Å². The number of nitrogens with one attached hydrogen (secondary N) is 1. The van der Waals surface area contributed by atoms with Crippen LogP contribution < -0.4 is 5.32 Å². The predicted molar refractivity (Wildman–Crippen MR) is 142 cm³/mol. The number of halogens is 3. The first-order chi connectivity index (χ1) is 17.7. The molecule has 0 amide bonds. The molecule has 2 saturated carbocycles. The van der Waals surface area contributed by atoms with E-state index in [9.17, 15) is 13.2 Å². The normalized spacial score (nSPS) is 17.3. The number of pyridine rings is 1. The average Bonchev–Trinajstić information content (AvgIpc) is 3.23. The molecule has 2 aromatic heterocycles. The topological polar surface area (TPSA) is 66.6 Å². The maximum Gasteiger partial charge on any atom is 0.490 e. The van der Waals surface area contributed by atoms with Crippen molar-refractivity contribution in [3.63, 3.8) is 0 Å². The lowest BCUT2D eigenvalue weighted by Gasteiger charge is -2.24. The van der Waals surface area contributed by atoms with Crippen molar-refractivity contribution in [2.45, 2.75) is 93.5 Å². The number of aryl methyl sites for hydroxylation is 1. The van der Waals surface area contributed by atoms with Gasteiger partial charge in [-0.1, -0.05) is 56.7 Å². The molecule has 0 unspecified atom stereocenters. The van der Waals surface area contributed by atoms with Gasteiger partial charge in [0, 0.05) is 27.9 Å². The Hall–Kier alpha value is -2.68. The number of alkyl halides is 3. The summed E-state index contributed by atoms with van der Waals surface area (Å²) < 4.78 is 34.0. The van der Waals surface area contributed by atoms with Crippen molar-refractivity contribution in [2.24, 2.45) is 0 Å². The minimum atomic E-state index is -5.08. The third-order valence-electron chi connectivity index (χ3n) is 6.92. The van der Waals surface area contributed by atoms with Crippen molar-refractivity contribution in [1.82, 2.24) is 9.38 Å². The molecule has 2 fully saturated rings. The molecule has 0 atom stereocenters. The van der Waals surface area contributed by atoms with E-state index in [4.69, 9.17) is 14.9 Å². The van der Waals surface area contributed by atoms with Gasteiger partial charge in [0.25, 0.3) is 0 Å². The van der Waals surface area contributed by atoms with Gasteiger partial charge in [-0.2, -0.15) is 13.2 Å². The molecule has 2 aliphatic rings. The van der Waals surface area contributed by atoms with E-state index in [0.717, 1.165) is 16.6 Å². The molecule has 0 bridgehead atoms. The van der Waals surface area contributed by atoms with Crippen molar-refractivity contribution in [3.8, 4) is 11.3 Å². The Morgan fingerprint density at radius 2 is 1.68 bits per heavy atom. The van der Waals surface area contributed by atoms with E-state index >= 15 is 0 Å². The highest BCUT2D eigenvalue weighted by Crippen LogP contribution is 2.37. The highest BCUT2D eigenvalue weighted by molar-refractivity contribution is 8.00. The molecule has 37 heavy (non-hydrogen) atoms. The van der Waals surface area contributed by atoms with Gasteiger partial charge in [0.15, 0.2) is 0 Å². The van der Waals surface area contributed by atoms with Crippen LogP contribution in [0.15, 0.2) is 47.5 Å². The van der Waals surface area contributed by atoms with Crippen LogP contribution in [0.25, 0.3) is 16.9 Å². The second kappa shape index (κ2) is 12.2. The van der Waals surface area contributed by atoms with Crippen LogP contribution in [0.1, 0.15) is 69.8 Å². The number of nitrogens with zero attached hydrogens (tertiary/aromatic N) is 2. The number of carbonyl (C=O) groups is 1. The smallest absolute Gasteiger partial charge is 0.475 e. The maximum absolute atomic E-state index is 10.6. The molecule has 2 N–H and O–H groups in total. The fourth-order valence-electron chi connectivity index (χ4n) is 5.02.